The van der Waals surface area contributed by atoms with Crippen LogP contribution >= 0.6 is 11.6 Å². The molecule has 1 aromatic heterocycles. The van der Waals surface area contributed by atoms with Crippen molar-refractivity contribution in [1.29, 1.82) is 0 Å². The average molecular weight is 333 g/mol. The molecule has 23 heavy (non-hydrogen) atoms. The highest BCUT2D eigenvalue weighted by atomic mass is 35.5. The number of aromatic nitrogens is 1. The van der Waals surface area contributed by atoms with E-state index >= 15 is 0 Å². The number of hydrogen-bond acceptors (Lipinski definition) is 3. The summed E-state index contributed by atoms with van der Waals surface area (Å²) in [5.74, 6) is 0. The zero-order valence-electron chi connectivity index (χ0n) is 13.8. The Kier molecular flexibility index (Phi) is 4.33. The van der Waals surface area contributed by atoms with Gasteiger partial charge in [-0.25, -0.2) is 0 Å². The summed E-state index contributed by atoms with van der Waals surface area (Å²) in [4.78, 5) is 4.98. The lowest BCUT2D eigenvalue weighted by molar-refractivity contribution is 0.231. The van der Waals surface area contributed by atoms with Gasteiger partial charge in [-0.2, -0.15) is 0 Å². The van der Waals surface area contributed by atoms with Crippen LogP contribution in [-0.2, 0) is 19.5 Å². The third-order valence-electron chi connectivity index (χ3n) is 5.26. The number of nitrogens with one attached hydrogen (secondary N) is 1. The molecule has 0 atom stereocenters. The molecule has 0 bridgehead atoms. The highest BCUT2D eigenvalue weighted by Gasteiger charge is 2.22. The zero-order valence-corrected chi connectivity index (χ0v) is 14.6. The van der Waals surface area contributed by atoms with E-state index in [0.29, 0.717) is 0 Å². The Balaban J connectivity index is 1.67. The number of hydrogen-bond donors (Lipinski definition) is 1. The van der Waals surface area contributed by atoms with E-state index in [2.05, 4.69) is 38.9 Å². The minimum atomic E-state index is 0.841. The predicted octanol–water partition coefficient (Wildman–Crippen LogP) is 2.19. The molecule has 0 radical (unpaired) electrons. The van der Waals surface area contributed by atoms with Crippen LogP contribution < -0.4 is 5.32 Å². The topological polar surface area (TPSA) is 23.4 Å². The van der Waals surface area contributed by atoms with Crippen molar-refractivity contribution in [3.63, 3.8) is 0 Å². The second kappa shape index (κ2) is 6.44. The summed E-state index contributed by atoms with van der Waals surface area (Å²) in [6.45, 7) is 8.95. The summed E-state index contributed by atoms with van der Waals surface area (Å²) >= 11 is 6.27. The minimum absolute atomic E-state index is 0.841. The van der Waals surface area contributed by atoms with E-state index in [4.69, 9.17) is 11.6 Å². The molecule has 0 aliphatic carbocycles. The smallest absolute Gasteiger partial charge is 0.0487 e. The molecule has 4 nitrogen and oxygen atoms in total. The predicted molar refractivity (Wildman–Crippen MR) is 96.3 cm³/mol. The molecule has 0 spiro atoms. The monoisotopic (exact) mass is 332 g/mol. The molecular formula is C18H25ClN4. The summed E-state index contributed by atoms with van der Waals surface area (Å²) in [7, 11) is 2.21. The van der Waals surface area contributed by atoms with Gasteiger partial charge in [0.2, 0.25) is 0 Å². The van der Waals surface area contributed by atoms with Gasteiger partial charge in [0.05, 0.1) is 0 Å². The van der Waals surface area contributed by atoms with Crippen molar-refractivity contribution in [3.8, 4) is 0 Å². The lowest BCUT2D eigenvalue weighted by atomic mass is 10.1. The second-order valence-electron chi connectivity index (χ2n) is 6.82. The molecule has 124 valence electrons. The van der Waals surface area contributed by atoms with Gasteiger partial charge in [-0.15, -0.1) is 0 Å². The van der Waals surface area contributed by atoms with Gasteiger partial charge in [-0.1, -0.05) is 11.6 Å². The van der Waals surface area contributed by atoms with Gasteiger partial charge in [-0.05, 0) is 30.8 Å². The number of piperazine rings is 1. The molecule has 1 N–H and O–H groups in total. The average Bonchev–Trinajstić information content (AvgIpc) is 2.86. The van der Waals surface area contributed by atoms with Gasteiger partial charge >= 0.3 is 0 Å². The maximum atomic E-state index is 6.27. The van der Waals surface area contributed by atoms with Crippen LogP contribution in [-0.4, -0.2) is 60.7 Å². The number of fused-ring (bicyclic) bond motifs is 3. The molecule has 2 aliphatic heterocycles. The first kappa shape index (κ1) is 15.5. The molecular weight excluding hydrogens is 308 g/mol. The van der Waals surface area contributed by atoms with E-state index in [0.717, 1.165) is 63.8 Å². The largest absolute Gasteiger partial charge is 0.343 e. The molecule has 0 saturated carbocycles. The molecule has 1 saturated heterocycles. The molecule has 1 fully saturated rings. The molecule has 4 rings (SSSR count). The van der Waals surface area contributed by atoms with Crippen molar-refractivity contribution in [2.75, 3.05) is 46.3 Å². The first-order valence-corrected chi connectivity index (χ1v) is 9.01. The summed E-state index contributed by atoms with van der Waals surface area (Å²) in [5.41, 5.74) is 4.36. The van der Waals surface area contributed by atoms with E-state index in [-0.39, 0.29) is 0 Å². The van der Waals surface area contributed by atoms with Gasteiger partial charge in [0.25, 0.3) is 0 Å². The zero-order chi connectivity index (χ0) is 15.8. The Morgan fingerprint density at radius 2 is 1.96 bits per heavy atom. The molecule has 2 aliphatic rings. The number of rotatable bonds is 3. The normalized spacial score (nSPS) is 20.1. The molecule has 0 amide bonds. The van der Waals surface area contributed by atoms with E-state index < -0.39 is 0 Å². The van der Waals surface area contributed by atoms with E-state index in [1.807, 2.05) is 6.07 Å². The third-order valence-corrected chi connectivity index (χ3v) is 5.49. The van der Waals surface area contributed by atoms with Crippen LogP contribution in [0, 0.1) is 0 Å². The Morgan fingerprint density at radius 3 is 2.78 bits per heavy atom. The molecule has 1 aromatic carbocycles. The van der Waals surface area contributed by atoms with Gasteiger partial charge < -0.3 is 14.8 Å². The lowest BCUT2D eigenvalue weighted by Crippen LogP contribution is -2.44. The quantitative estimate of drug-likeness (QED) is 0.932. The van der Waals surface area contributed by atoms with E-state index in [1.165, 1.54) is 22.2 Å². The number of nitrogens with zero attached hydrogens (tertiary/aromatic N) is 3. The fraction of sp³-hybridized carbons (Fsp3) is 0.556. The van der Waals surface area contributed by atoms with Gasteiger partial charge in [-0.3, -0.25) is 4.90 Å². The third kappa shape index (κ3) is 3.01. The maximum Gasteiger partial charge on any atom is 0.0487 e. The summed E-state index contributed by atoms with van der Waals surface area (Å²) in [6.07, 6.45) is 1.14. The van der Waals surface area contributed by atoms with Crippen LogP contribution in [0.3, 0.4) is 0 Å². The van der Waals surface area contributed by atoms with Gasteiger partial charge in [0, 0.05) is 80.4 Å². The molecule has 5 heteroatoms. The molecule has 0 unspecified atom stereocenters. The van der Waals surface area contributed by atoms with Gasteiger partial charge in [0.15, 0.2) is 0 Å². The van der Waals surface area contributed by atoms with Gasteiger partial charge in [0.1, 0.15) is 0 Å². The number of halogens is 1. The van der Waals surface area contributed by atoms with Crippen molar-refractivity contribution in [1.82, 2.24) is 19.7 Å². The van der Waals surface area contributed by atoms with Crippen LogP contribution in [0.4, 0.5) is 0 Å². The van der Waals surface area contributed by atoms with E-state index in [1.54, 1.807) is 0 Å². The summed E-state index contributed by atoms with van der Waals surface area (Å²) in [5, 5.41) is 5.62. The van der Waals surface area contributed by atoms with Crippen molar-refractivity contribution in [3.05, 3.63) is 34.5 Å². The first-order valence-electron chi connectivity index (χ1n) is 8.63. The standard InChI is InChI=1S/C18H25ClN4/c1-21-7-4-18-16(13-21)15-12-14(19)2-3-17(15)23(18)11-10-22-8-5-20-6-9-22/h2-3,12,20H,4-11,13H2,1H3. The summed E-state index contributed by atoms with van der Waals surface area (Å²) < 4.78 is 2.55. The van der Waals surface area contributed by atoms with Crippen LogP contribution in [0.1, 0.15) is 11.3 Å². The van der Waals surface area contributed by atoms with Crippen LogP contribution in [0.2, 0.25) is 5.02 Å². The van der Waals surface area contributed by atoms with Crippen LogP contribution in [0.15, 0.2) is 18.2 Å². The highest BCUT2D eigenvalue weighted by molar-refractivity contribution is 6.31. The Labute approximate surface area is 143 Å². The summed E-state index contributed by atoms with van der Waals surface area (Å²) in [6, 6.07) is 6.38. The fourth-order valence-corrected chi connectivity index (χ4v) is 4.16. The number of likely N-dealkylation sites (N-methyl/N-ethyl adjacent to an activating group) is 1. The van der Waals surface area contributed by atoms with Crippen molar-refractivity contribution in [2.45, 2.75) is 19.5 Å². The van der Waals surface area contributed by atoms with Crippen LogP contribution in [0.25, 0.3) is 10.9 Å². The Hall–Kier alpha value is -1.07. The van der Waals surface area contributed by atoms with Crippen LogP contribution in [0.5, 0.6) is 0 Å². The first-order chi connectivity index (χ1) is 11.2. The van der Waals surface area contributed by atoms with Crippen molar-refractivity contribution in [2.24, 2.45) is 0 Å². The SMILES string of the molecule is CN1CCc2c(c3cc(Cl)ccc3n2CCN2CCNCC2)C1. The van der Waals surface area contributed by atoms with Crippen molar-refractivity contribution < 1.29 is 0 Å². The molecule has 2 aromatic rings. The Bertz CT molecular complexity index is 703. The maximum absolute atomic E-state index is 6.27. The number of benzene rings is 1. The Morgan fingerprint density at radius 1 is 1.13 bits per heavy atom. The minimum Gasteiger partial charge on any atom is -0.343 e. The van der Waals surface area contributed by atoms with E-state index in [9.17, 15) is 0 Å². The highest BCUT2D eigenvalue weighted by Crippen LogP contribution is 2.32. The van der Waals surface area contributed by atoms with Crippen molar-refractivity contribution >= 4 is 22.5 Å². The molecule has 3 heterocycles. The fourth-order valence-electron chi connectivity index (χ4n) is 3.99. The second-order valence-corrected chi connectivity index (χ2v) is 7.25. The lowest BCUT2D eigenvalue weighted by Gasteiger charge is -2.28.